The lowest BCUT2D eigenvalue weighted by molar-refractivity contribution is -0.143. The second kappa shape index (κ2) is 10.5. The maximum absolute atomic E-state index is 11.9. The first-order valence-corrected chi connectivity index (χ1v) is 11.7. The molecule has 1 aliphatic rings. The fourth-order valence-corrected chi connectivity index (χ4v) is 4.39. The Morgan fingerprint density at radius 2 is 2.06 bits per heavy atom. The van der Waals surface area contributed by atoms with Gasteiger partial charge in [0, 0.05) is 24.6 Å². The standard InChI is InChI=1S/C27H30N2O5/c1-4-32-26(31)16-20-9-8-19-15-23(10-11-24(19)20)33-13-12-25-17(2)34-27(29-25)21-6-5-7-22(14-21)28-18(3)30/h5-7,10-11,14-15,20H,4,8-9,12-13,16H2,1-3H3,(H,28,30)/t20-/m0/s1. The van der Waals surface area contributed by atoms with Crippen LogP contribution < -0.4 is 10.1 Å². The zero-order valence-corrected chi connectivity index (χ0v) is 19.8. The van der Waals surface area contributed by atoms with E-state index in [0.29, 0.717) is 37.6 Å². The third-order valence-electron chi connectivity index (χ3n) is 5.96. The molecule has 178 valence electrons. The number of hydrogen-bond donors (Lipinski definition) is 1. The topological polar surface area (TPSA) is 90.7 Å². The number of oxazole rings is 1. The monoisotopic (exact) mass is 462 g/mol. The summed E-state index contributed by atoms with van der Waals surface area (Å²) in [5.41, 5.74) is 4.81. The molecular formula is C27H30N2O5. The Morgan fingerprint density at radius 3 is 2.85 bits per heavy atom. The Bertz CT molecular complexity index is 1180. The molecule has 1 N–H and O–H groups in total. The zero-order chi connectivity index (χ0) is 24.1. The highest BCUT2D eigenvalue weighted by atomic mass is 16.5. The van der Waals surface area contributed by atoms with E-state index in [1.807, 2.05) is 44.2 Å². The molecule has 1 aliphatic carbocycles. The van der Waals surface area contributed by atoms with E-state index in [-0.39, 0.29) is 17.8 Å². The van der Waals surface area contributed by atoms with Crippen LogP contribution in [-0.2, 0) is 27.2 Å². The molecule has 0 bridgehead atoms. The van der Waals surface area contributed by atoms with Crippen LogP contribution in [0.25, 0.3) is 11.5 Å². The van der Waals surface area contributed by atoms with Crippen LogP contribution in [0.1, 0.15) is 55.2 Å². The van der Waals surface area contributed by atoms with Gasteiger partial charge in [-0.1, -0.05) is 12.1 Å². The van der Waals surface area contributed by atoms with Gasteiger partial charge in [0.25, 0.3) is 0 Å². The lowest BCUT2D eigenvalue weighted by atomic mass is 9.98. The number of hydrogen-bond acceptors (Lipinski definition) is 6. The zero-order valence-electron chi connectivity index (χ0n) is 19.8. The summed E-state index contributed by atoms with van der Waals surface area (Å²) < 4.78 is 17.0. The molecular weight excluding hydrogens is 432 g/mol. The largest absolute Gasteiger partial charge is 0.493 e. The molecule has 3 aromatic rings. The number of rotatable bonds is 9. The number of ether oxygens (including phenoxy) is 2. The highest BCUT2D eigenvalue weighted by Crippen LogP contribution is 2.37. The van der Waals surface area contributed by atoms with Crippen molar-refractivity contribution >= 4 is 17.6 Å². The first kappa shape index (κ1) is 23.5. The van der Waals surface area contributed by atoms with E-state index in [0.717, 1.165) is 35.6 Å². The molecule has 1 atom stereocenters. The summed E-state index contributed by atoms with van der Waals surface area (Å²) in [4.78, 5) is 27.8. The number of esters is 1. The summed E-state index contributed by atoms with van der Waals surface area (Å²) in [6.07, 6.45) is 2.95. The molecule has 0 radical (unpaired) electrons. The molecule has 0 spiro atoms. The van der Waals surface area contributed by atoms with Crippen LogP contribution in [0, 0.1) is 6.92 Å². The quantitative estimate of drug-likeness (QED) is 0.439. The van der Waals surface area contributed by atoms with Crippen LogP contribution in [0.5, 0.6) is 5.75 Å². The minimum atomic E-state index is -0.134. The van der Waals surface area contributed by atoms with E-state index >= 15 is 0 Å². The minimum Gasteiger partial charge on any atom is -0.493 e. The van der Waals surface area contributed by atoms with Crippen molar-refractivity contribution in [1.29, 1.82) is 0 Å². The van der Waals surface area contributed by atoms with E-state index in [2.05, 4.69) is 22.4 Å². The summed E-state index contributed by atoms with van der Waals surface area (Å²) in [5.74, 6) is 2.05. The highest BCUT2D eigenvalue weighted by Gasteiger charge is 2.25. The number of carbonyl (C=O) groups excluding carboxylic acids is 2. The van der Waals surface area contributed by atoms with Gasteiger partial charge in [0.1, 0.15) is 11.5 Å². The van der Waals surface area contributed by atoms with E-state index in [1.54, 1.807) is 0 Å². The molecule has 34 heavy (non-hydrogen) atoms. The average molecular weight is 463 g/mol. The lowest BCUT2D eigenvalue weighted by Gasteiger charge is -2.12. The fourth-order valence-electron chi connectivity index (χ4n) is 4.39. The third-order valence-corrected chi connectivity index (χ3v) is 5.96. The van der Waals surface area contributed by atoms with Crippen molar-refractivity contribution in [3.8, 4) is 17.2 Å². The molecule has 0 saturated heterocycles. The Balaban J connectivity index is 1.35. The van der Waals surface area contributed by atoms with Crippen molar-refractivity contribution in [3.05, 3.63) is 65.0 Å². The average Bonchev–Trinajstić information content (AvgIpc) is 3.37. The molecule has 0 saturated carbocycles. The normalized spacial score (nSPS) is 14.5. The van der Waals surface area contributed by atoms with Gasteiger partial charge < -0.3 is 19.2 Å². The van der Waals surface area contributed by atoms with Crippen molar-refractivity contribution in [2.75, 3.05) is 18.5 Å². The van der Waals surface area contributed by atoms with Crippen molar-refractivity contribution in [2.24, 2.45) is 0 Å². The predicted octanol–water partition coefficient (Wildman–Crippen LogP) is 5.21. The molecule has 1 aromatic heterocycles. The maximum atomic E-state index is 11.9. The van der Waals surface area contributed by atoms with Crippen LogP contribution >= 0.6 is 0 Å². The fraction of sp³-hybridized carbons (Fsp3) is 0.370. The smallest absolute Gasteiger partial charge is 0.306 e. The number of aryl methyl sites for hydroxylation is 2. The Kier molecular flexibility index (Phi) is 7.30. The van der Waals surface area contributed by atoms with E-state index in [9.17, 15) is 9.59 Å². The highest BCUT2D eigenvalue weighted by molar-refractivity contribution is 5.89. The summed E-state index contributed by atoms with van der Waals surface area (Å²) >= 11 is 0. The van der Waals surface area contributed by atoms with Gasteiger partial charge in [0.15, 0.2) is 0 Å². The minimum absolute atomic E-state index is 0.125. The Morgan fingerprint density at radius 1 is 1.21 bits per heavy atom. The molecule has 4 rings (SSSR count). The number of amides is 1. The second-order valence-electron chi connectivity index (χ2n) is 8.49. The Hall–Kier alpha value is -3.61. The molecule has 0 fully saturated rings. The van der Waals surface area contributed by atoms with Gasteiger partial charge in [-0.25, -0.2) is 4.98 Å². The summed E-state index contributed by atoms with van der Waals surface area (Å²) in [6, 6.07) is 13.5. The van der Waals surface area contributed by atoms with E-state index < -0.39 is 0 Å². The van der Waals surface area contributed by atoms with Gasteiger partial charge in [-0.15, -0.1) is 0 Å². The SMILES string of the molecule is CCOC(=O)C[C@@H]1CCc2cc(OCCc3nc(-c4cccc(NC(C)=O)c4)oc3C)ccc21. The molecule has 0 unspecified atom stereocenters. The number of carbonyl (C=O) groups is 2. The van der Waals surface area contributed by atoms with Crippen molar-refractivity contribution < 1.29 is 23.5 Å². The van der Waals surface area contributed by atoms with Gasteiger partial charge >= 0.3 is 5.97 Å². The number of benzene rings is 2. The van der Waals surface area contributed by atoms with E-state index in [1.165, 1.54) is 18.1 Å². The van der Waals surface area contributed by atoms with Crippen LogP contribution in [0.4, 0.5) is 5.69 Å². The van der Waals surface area contributed by atoms with Crippen LogP contribution in [-0.4, -0.2) is 30.1 Å². The summed E-state index contributed by atoms with van der Waals surface area (Å²) in [5, 5.41) is 2.77. The molecule has 7 heteroatoms. The van der Waals surface area contributed by atoms with Gasteiger partial charge in [0.2, 0.25) is 11.8 Å². The lowest BCUT2D eigenvalue weighted by Crippen LogP contribution is -2.08. The Labute approximate surface area is 199 Å². The summed E-state index contributed by atoms with van der Waals surface area (Å²) in [7, 11) is 0. The number of aromatic nitrogens is 1. The molecule has 0 aliphatic heterocycles. The number of anilines is 1. The predicted molar refractivity (Wildman–Crippen MR) is 129 cm³/mol. The molecule has 7 nitrogen and oxygen atoms in total. The van der Waals surface area contributed by atoms with Crippen LogP contribution in [0.15, 0.2) is 46.9 Å². The van der Waals surface area contributed by atoms with Crippen LogP contribution in [0.3, 0.4) is 0 Å². The summed E-state index contributed by atoms with van der Waals surface area (Å²) in [6.45, 7) is 6.09. The molecule has 2 aromatic carbocycles. The van der Waals surface area contributed by atoms with Crippen LogP contribution in [0.2, 0.25) is 0 Å². The van der Waals surface area contributed by atoms with Gasteiger partial charge in [0.05, 0.1) is 25.3 Å². The van der Waals surface area contributed by atoms with Gasteiger partial charge in [-0.2, -0.15) is 0 Å². The molecule has 1 heterocycles. The second-order valence-corrected chi connectivity index (χ2v) is 8.49. The van der Waals surface area contributed by atoms with Crippen molar-refractivity contribution in [1.82, 2.24) is 4.98 Å². The van der Waals surface area contributed by atoms with Crippen molar-refractivity contribution in [2.45, 2.75) is 52.4 Å². The van der Waals surface area contributed by atoms with E-state index in [4.69, 9.17) is 13.9 Å². The number of nitrogens with zero attached hydrogens (tertiary/aromatic N) is 1. The third kappa shape index (κ3) is 5.65. The number of fused-ring (bicyclic) bond motifs is 1. The maximum Gasteiger partial charge on any atom is 0.306 e. The van der Waals surface area contributed by atoms with Gasteiger partial charge in [-0.05, 0) is 74.1 Å². The van der Waals surface area contributed by atoms with Crippen molar-refractivity contribution in [3.63, 3.8) is 0 Å². The first-order chi connectivity index (χ1) is 16.4. The molecule has 1 amide bonds. The van der Waals surface area contributed by atoms with Gasteiger partial charge in [-0.3, -0.25) is 9.59 Å². The first-order valence-electron chi connectivity index (χ1n) is 11.7. The number of nitrogens with one attached hydrogen (secondary N) is 1.